The van der Waals surface area contributed by atoms with E-state index in [0.717, 1.165) is 148 Å². The molecular weight excluding hydrogens is 973 g/mol. The molecule has 79 heavy (non-hydrogen) atoms. The van der Waals surface area contributed by atoms with Crippen molar-refractivity contribution in [3.05, 3.63) is 134 Å². The molecule has 6 heteroatoms. The molecule has 0 aromatic carbocycles. The third-order valence-electron chi connectivity index (χ3n) is 13.6. The van der Waals surface area contributed by atoms with E-state index in [9.17, 15) is 14.4 Å². The van der Waals surface area contributed by atoms with Crippen molar-refractivity contribution in [1.82, 2.24) is 0 Å². The second-order valence-corrected chi connectivity index (χ2v) is 21.3. The molecule has 1 atom stereocenters. The molecule has 0 heterocycles. The van der Waals surface area contributed by atoms with Crippen LogP contribution in [-0.4, -0.2) is 37.2 Å². The van der Waals surface area contributed by atoms with Gasteiger partial charge in [0.25, 0.3) is 0 Å². The van der Waals surface area contributed by atoms with Crippen LogP contribution in [0.15, 0.2) is 134 Å². The Bertz CT molecular complexity index is 1680. The Labute approximate surface area is 487 Å². The van der Waals surface area contributed by atoms with E-state index < -0.39 is 6.10 Å². The number of hydrogen-bond acceptors (Lipinski definition) is 6. The van der Waals surface area contributed by atoms with E-state index in [-0.39, 0.29) is 31.1 Å². The minimum absolute atomic E-state index is 0.0925. The van der Waals surface area contributed by atoms with Gasteiger partial charge in [0.05, 0.1) is 0 Å². The summed E-state index contributed by atoms with van der Waals surface area (Å²) in [4.78, 5) is 38.3. The normalized spacial score (nSPS) is 13.0. The van der Waals surface area contributed by atoms with Crippen LogP contribution in [0.3, 0.4) is 0 Å². The van der Waals surface area contributed by atoms with Gasteiger partial charge < -0.3 is 14.2 Å². The fraction of sp³-hybridized carbons (Fsp3) is 0.658. The lowest BCUT2D eigenvalue weighted by Crippen LogP contribution is -2.30. The molecule has 0 spiro atoms. The van der Waals surface area contributed by atoms with Crippen molar-refractivity contribution < 1.29 is 28.6 Å². The smallest absolute Gasteiger partial charge is 0.306 e. The first-order valence-corrected chi connectivity index (χ1v) is 32.7. The topological polar surface area (TPSA) is 78.9 Å². The summed E-state index contributed by atoms with van der Waals surface area (Å²) in [7, 11) is 0. The van der Waals surface area contributed by atoms with Gasteiger partial charge in [-0.25, -0.2) is 0 Å². The molecule has 0 amide bonds. The van der Waals surface area contributed by atoms with Gasteiger partial charge in [0.15, 0.2) is 6.10 Å². The highest BCUT2D eigenvalue weighted by Gasteiger charge is 2.19. The van der Waals surface area contributed by atoms with Gasteiger partial charge in [0.1, 0.15) is 13.2 Å². The van der Waals surface area contributed by atoms with Crippen LogP contribution < -0.4 is 0 Å². The summed E-state index contributed by atoms with van der Waals surface area (Å²) in [5.74, 6) is -0.921. The predicted molar refractivity (Wildman–Crippen MR) is 343 cm³/mol. The Morgan fingerprint density at radius 2 is 0.494 bits per heavy atom. The van der Waals surface area contributed by atoms with Gasteiger partial charge in [-0.3, -0.25) is 14.4 Å². The maximum atomic E-state index is 12.9. The number of allylic oxidation sites excluding steroid dienone is 22. The number of carbonyl (C=O) groups excluding carboxylic acids is 3. The first kappa shape index (κ1) is 74.5. The summed E-state index contributed by atoms with van der Waals surface area (Å²) in [6.45, 7) is 6.46. The Balaban J connectivity index is 4.29. The molecule has 0 aliphatic carbocycles. The minimum Gasteiger partial charge on any atom is -0.462 e. The average molecular weight is 1090 g/mol. The molecule has 0 saturated heterocycles. The summed E-state index contributed by atoms with van der Waals surface area (Å²) in [5.41, 5.74) is 0. The van der Waals surface area contributed by atoms with Crippen LogP contribution in [-0.2, 0) is 28.6 Å². The molecule has 0 aliphatic heterocycles. The first-order chi connectivity index (χ1) is 39.0. The zero-order valence-electron chi connectivity index (χ0n) is 51.3. The Kier molecular flexibility index (Phi) is 62.3. The zero-order valence-corrected chi connectivity index (χ0v) is 51.3. The van der Waals surface area contributed by atoms with Crippen LogP contribution in [0.1, 0.15) is 290 Å². The fourth-order valence-electron chi connectivity index (χ4n) is 8.72. The van der Waals surface area contributed by atoms with Crippen molar-refractivity contribution in [3.63, 3.8) is 0 Å². The lowest BCUT2D eigenvalue weighted by atomic mass is 10.1. The molecule has 0 aliphatic rings. The van der Waals surface area contributed by atoms with Crippen LogP contribution in [0.4, 0.5) is 0 Å². The van der Waals surface area contributed by atoms with E-state index in [2.05, 4.69) is 154 Å². The number of esters is 3. The third-order valence-corrected chi connectivity index (χ3v) is 13.6. The lowest BCUT2D eigenvalue weighted by molar-refractivity contribution is -0.167. The zero-order chi connectivity index (χ0) is 57.1. The van der Waals surface area contributed by atoms with Gasteiger partial charge in [-0.05, 0) is 141 Å². The Morgan fingerprint density at radius 1 is 0.266 bits per heavy atom. The highest BCUT2D eigenvalue weighted by Crippen LogP contribution is 2.15. The number of carbonyl (C=O) groups is 3. The number of hydrogen-bond donors (Lipinski definition) is 0. The Morgan fingerprint density at radius 3 is 0.810 bits per heavy atom. The van der Waals surface area contributed by atoms with Gasteiger partial charge in [0, 0.05) is 19.3 Å². The molecule has 0 N–H and O–H groups in total. The highest BCUT2D eigenvalue weighted by atomic mass is 16.6. The molecule has 448 valence electrons. The van der Waals surface area contributed by atoms with Crippen LogP contribution in [0.2, 0.25) is 0 Å². The molecular formula is C73H120O6. The standard InChI is InChI=1S/C73H120O6/c1-4-7-10-13-16-19-22-25-27-28-29-30-31-32-33-34-35-36-37-38-39-40-41-42-43-44-46-48-51-54-57-60-63-66-72(75)78-69-70(68-77-71(74)65-62-59-56-53-50-47-24-21-18-15-12-9-6-3)79-73(76)67-64-61-58-55-52-49-45-26-23-20-17-14-11-8-5-2/h7,10,16-17,19-21,24-27,29-30,32-33,35-36,38-39,41-42,45,70H,4-6,8-9,11-15,18,22-23,28,31,34,37,40,43-44,46-69H2,1-3H3/b10-7-,19-16-,20-17-,24-21-,27-25-,30-29-,33-32-,36-35-,39-38-,42-41-,45-26-. The van der Waals surface area contributed by atoms with Crippen molar-refractivity contribution in [2.24, 2.45) is 0 Å². The maximum absolute atomic E-state index is 12.9. The molecule has 0 radical (unpaired) electrons. The summed E-state index contributed by atoms with van der Waals surface area (Å²) >= 11 is 0. The van der Waals surface area contributed by atoms with Crippen LogP contribution in [0, 0.1) is 0 Å². The predicted octanol–water partition coefficient (Wildman–Crippen LogP) is 22.5. The summed E-state index contributed by atoms with van der Waals surface area (Å²) in [5, 5.41) is 0. The lowest BCUT2D eigenvalue weighted by Gasteiger charge is -2.18. The van der Waals surface area contributed by atoms with Crippen LogP contribution >= 0.6 is 0 Å². The third kappa shape index (κ3) is 64.3. The second kappa shape index (κ2) is 66.1. The van der Waals surface area contributed by atoms with Crippen molar-refractivity contribution in [2.45, 2.75) is 297 Å². The molecule has 0 aromatic heterocycles. The number of unbranched alkanes of at least 4 members (excludes halogenated alkanes) is 25. The van der Waals surface area contributed by atoms with Crippen LogP contribution in [0.25, 0.3) is 0 Å². The number of rotatable bonds is 58. The van der Waals surface area contributed by atoms with E-state index in [1.807, 2.05) is 0 Å². The van der Waals surface area contributed by atoms with Crippen LogP contribution in [0.5, 0.6) is 0 Å². The van der Waals surface area contributed by atoms with Gasteiger partial charge in [-0.15, -0.1) is 0 Å². The number of ether oxygens (including phenoxy) is 3. The summed E-state index contributed by atoms with van der Waals surface area (Å²) in [6.07, 6.45) is 93.1. The fourth-order valence-corrected chi connectivity index (χ4v) is 8.72. The van der Waals surface area contributed by atoms with Crippen molar-refractivity contribution in [2.75, 3.05) is 13.2 Å². The maximum Gasteiger partial charge on any atom is 0.306 e. The second-order valence-electron chi connectivity index (χ2n) is 21.3. The van der Waals surface area contributed by atoms with Gasteiger partial charge in [-0.1, -0.05) is 264 Å². The van der Waals surface area contributed by atoms with Gasteiger partial charge in [-0.2, -0.15) is 0 Å². The summed E-state index contributed by atoms with van der Waals surface area (Å²) < 4.78 is 16.9. The van der Waals surface area contributed by atoms with Crippen molar-refractivity contribution in [3.8, 4) is 0 Å². The van der Waals surface area contributed by atoms with Crippen molar-refractivity contribution >= 4 is 17.9 Å². The van der Waals surface area contributed by atoms with Gasteiger partial charge >= 0.3 is 17.9 Å². The minimum atomic E-state index is -0.796. The first-order valence-electron chi connectivity index (χ1n) is 32.7. The largest absolute Gasteiger partial charge is 0.462 e. The molecule has 0 fully saturated rings. The summed E-state index contributed by atoms with van der Waals surface area (Å²) in [6, 6.07) is 0. The van der Waals surface area contributed by atoms with Gasteiger partial charge in [0.2, 0.25) is 0 Å². The van der Waals surface area contributed by atoms with E-state index in [1.54, 1.807) is 0 Å². The molecule has 0 bridgehead atoms. The van der Waals surface area contributed by atoms with E-state index in [0.29, 0.717) is 19.3 Å². The molecule has 6 nitrogen and oxygen atoms in total. The SMILES string of the molecule is CC/C=C\C/C=C\C/C=C\C/C=C\C/C=C\C/C=C\C/C=C\C/C=C\CCCCCCCCCCC(=O)OCC(COC(=O)CCCCCCC/C=C\CCCCCC)OC(=O)CCCCCCC/C=C\C/C=C\CCCCC. The van der Waals surface area contributed by atoms with E-state index in [1.165, 1.54) is 103 Å². The molecule has 0 rings (SSSR count). The van der Waals surface area contributed by atoms with Crippen molar-refractivity contribution in [1.29, 1.82) is 0 Å². The molecule has 0 aromatic rings. The highest BCUT2D eigenvalue weighted by molar-refractivity contribution is 5.71. The molecule has 0 saturated carbocycles. The van der Waals surface area contributed by atoms with E-state index >= 15 is 0 Å². The Hall–Kier alpha value is -4.45. The molecule has 1 unspecified atom stereocenters. The quantitative estimate of drug-likeness (QED) is 0.0261. The van der Waals surface area contributed by atoms with E-state index in [4.69, 9.17) is 14.2 Å². The average Bonchev–Trinajstić information content (AvgIpc) is 3.45. The monoisotopic (exact) mass is 1090 g/mol.